The molecule has 0 aliphatic heterocycles. The van der Waals surface area contributed by atoms with E-state index >= 15 is 0 Å². The molecule has 0 bridgehead atoms. The second kappa shape index (κ2) is 6.15. The van der Waals surface area contributed by atoms with Crippen molar-refractivity contribution in [2.75, 3.05) is 0 Å². The highest BCUT2D eigenvalue weighted by molar-refractivity contribution is 9.10. The smallest absolute Gasteiger partial charge is 0.287 e. The SMILES string of the molecule is CCc1nc(Cl)cc(Oc2cccc([N+](=O)[O-])c2Br)n1. The van der Waals surface area contributed by atoms with Crippen molar-refractivity contribution in [2.45, 2.75) is 13.3 Å². The molecule has 1 aromatic heterocycles. The van der Waals surface area contributed by atoms with Crippen LogP contribution in [0.15, 0.2) is 28.7 Å². The van der Waals surface area contributed by atoms with Gasteiger partial charge in [-0.05, 0) is 22.0 Å². The molecule has 0 aliphatic carbocycles. The van der Waals surface area contributed by atoms with Gasteiger partial charge in [0.25, 0.3) is 5.69 Å². The highest BCUT2D eigenvalue weighted by atomic mass is 79.9. The van der Waals surface area contributed by atoms with E-state index in [-0.39, 0.29) is 26.9 Å². The predicted octanol–water partition coefficient (Wildman–Crippen LogP) is 4.16. The molecule has 8 heteroatoms. The van der Waals surface area contributed by atoms with Crippen LogP contribution in [0.1, 0.15) is 12.7 Å². The Bertz CT molecular complexity index is 666. The minimum Gasteiger partial charge on any atom is -0.437 e. The number of nitrogens with zero attached hydrogens (tertiary/aromatic N) is 3. The van der Waals surface area contributed by atoms with Gasteiger partial charge in [0.2, 0.25) is 5.88 Å². The first kappa shape index (κ1) is 14.7. The van der Waals surface area contributed by atoms with Gasteiger partial charge in [-0.2, -0.15) is 4.98 Å². The van der Waals surface area contributed by atoms with Crippen LogP contribution in [0.5, 0.6) is 11.6 Å². The summed E-state index contributed by atoms with van der Waals surface area (Å²) in [5.41, 5.74) is -0.0848. The standard InChI is InChI=1S/C12H9BrClN3O3/c1-2-10-15-9(14)6-11(16-10)20-8-5-3-4-7(12(8)13)17(18)19/h3-6H,2H2,1H3. The number of aromatic nitrogens is 2. The Kier molecular flexibility index (Phi) is 4.51. The maximum absolute atomic E-state index is 10.9. The number of hydrogen-bond acceptors (Lipinski definition) is 5. The summed E-state index contributed by atoms with van der Waals surface area (Å²) in [5, 5.41) is 11.1. The van der Waals surface area contributed by atoms with Crippen molar-refractivity contribution in [1.29, 1.82) is 0 Å². The van der Waals surface area contributed by atoms with Crippen molar-refractivity contribution >= 4 is 33.2 Å². The molecule has 0 spiro atoms. The third kappa shape index (κ3) is 3.23. The minimum absolute atomic E-state index is 0.0848. The van der Waals surface area contributed by atoms with E-state index < -0.39 is 4.92 Å². The van der Waals surface area contributed by atoms with E-state index in [9.17, 15) is 10.1 Å². The molecule has 0 aliphatic rings. The zero-order valence-corrected chi connectivity index (χ0v) is 12.7. The average molecular weight is 359 g/mol. The minimum atomic E-state index is -0.499. The van der Waals surface area contributed by atoms with Crippen LogP contribution >= 0.6 is 27.5 Å². The van der Waals surface area contributed by atoms with Crippen molar-refractivity contribution in [1.82, 2.24) is 9.97 Å². The summed E-state index contributed by atoms with van der Waals surface area (Å²) >= 11 is 9.02. The van der Waals surface area contributed by atoms with Gasteiger partial charge < -0.3 is 4.74 Å². The van der Waals surface area contributed by atoms with E-state index in [0.717, 1.165) is 0 Å². The number of benzene rings is 1. The van der Waals surface area contributed by atoms with E-state index in [0.29, 0.717) is 12.2 Å². The van der Waals surface area contributed by atoms with Gasteiger partial charge in [0, 0.05) is 18.6 Å². The van der Waals surface area contributed by atoms with E-state index in [1.807, 2.05) is 6.92 Å². The van der Waals surface area contributed by atoms with Gasteiger partial charge in [-0.3, -0.25) is 10.1 Å². The zero-order valence-electron chi connectivity index (χ0n) is 10.3. The van der Waals surface area contributed by atoms with Gasteiger partial charge >= 0.3 is 0 Å². The fourth-order valence-corrected chi connectivity index (χ4v) is 2.16. The van der Waals surface area contributed by atoms with E-state index in [2.05, 4.69) is 25.9 Å². The van der Waals surface area contributed by atoms with Gasteiger partial charge in [-0.15, -0.1) is 0 Å². The lowest BCUT2D eigenvalue weighted by Gasteiger charge is -2.08. The summed E-state index contributed by atoms with van der Waals surface area (Å²) in [6.07, 6.45) is 0.604. The van der Waals surface area contributed by atoms with Crippen molar-refractivity contribution in [3.63, 3.8) is 0 Å². The van der Waals surface area contributed by atoms with Gasteiger partial charge in [0.05, 0.1) is 4.92 Å². The van der Waals surface area contributed by atoms with E-state index in [1.54, 1.807) is 6.07 Å². The van der Waals surface area contributed by atoms with Crippen LogP contribution in [0.4, 0.5) is 5.69 Å². The number of aryl methyl sites for hydroxylation is 1. The molecule has 0 N–H and O–H groups in total. The lowest BCUT2D eigenvalue weighted by atomic mass is 10.3. The van der Waals surface area contributed by atoms with Gasteiger partial charge in [0.1, 0.15) is 15.5 Å². The Morgan fingerprint density at radius 3 is 2.85 bits per heavy atom. The third-order valence-corrected chi connectivity index (χ3v) is 3.38. The number of hydrogen-bond donors (Lipinski definition) is 0. The van der Waals surface area contributed by atoms with Crippen LogP contribution in [0.3, 0.4) is 0 Å². The molecule has 104 valence electrons. The first-order valence-corrected chi connectivity index (χ1v) is 6.82. The molecular formula is C12H9BrClN3O3. The molecule has 0 saturated heterocycles. The Morgan fingerprint density at radius 1 is 1.45 bits per heavy atom. The monoisotopic (exact) mass is 357 g/mol. The number of ether oxygens (including phenoxy) is 1. The molecule has 0 amide bonds. The summed E-state index contributed by atoms with van der Waals surface area (Å²) in [6, 6.07) is 5.95. The number of nitro benzene ring substituents is 1. The third-order valence-electron chi connectivity index (χ3n) is 2.39. The molecular weight excluding hydrogens is 350 g/mol. The highest BCUT2D eigenvalue weighted by Gasteiger charge is 2.17. The first-order valence-electron chi connectivity index (χ1n) is 5.65. The molecule has 1 aromatic carbocycles. The molecule has 0 atom stereocenters. The largest absolute Gasteiger partial charge is 0.437 e. The van der Waals surface area contributed by atoms with E-state index in [1.165, 1.54) is 18.2 Å². The maximum Gasteiger partial charge on any atom is 0.287 e. The van der Waals surface area contributed by atoms with Crippen LogP contribution in [0.2, 0.25) is 5.15 Å². The molecule has 0 unspecified atom stereocenters. The van der Waals surface area contributed by atoms with Crippen molar-refractivity contribution < 1.29 is 9.66 Å². The Balaban J connectivity index is 2.37. The molecule has 6 nitrogen and oxygen atoms in total. The topological polar surface area (TPSA) is 78.2 Å². The lowest BCUT2D eigenvalue weighted by molar-refractivity contribution is -0.385. The highest BCUT2D eigenvalue weighted by Crippen LogP contribution is 2.36. The average Bonchev–Trinajstić information content (AvgIpc) is 2.40. The second-order valence-corrected chi connectivity index (χ2v) is 4.93. The number of rotatable bonds is 4. The van der Waals surface area contributed by atoms with Crippen LogP contribution in [-0.2, 0) is 6.42 Å². The summed E-state index contributed by atoms with van der Waals surface area (Å²) in [4.78, 5) is 18.5. The normalized spacial score (nSPS) is 10.3. The quantitative estimate of drug-likeness (QED) is 0.466. The van der Waals surface area contributed by atoms with Crippen molar-refractivity contribution in [3.05, 3.63) is 49.8 Å². The summed E-state index contributed by atoms with van der Waals surface area (Å²) in [5.74, 6) is 1.06. The summed E-state index contributed by atoms with van der Waals surface area (Å²) in [7, 11) is 0. The lowest BCUT2D eigenvalue weighted by Crippen LogP contribution is -1.97. The first-order chi connectivity index (χ1) is 9.51. The molecule has 2 rings (SSSR count). The fourth-order valence-electron chi connectivity index (χ4n) is 1.48. The van der Waals surface area contributed by atoms with Crippen LogP contribution in [0, 0.1) is 10.1 Å². The molecule has 2 aromatic rings. The Labute approximate surface area is 128 Å². The molecule has 1 heterocycles. The number of nitro groups is 1. The predicted molar refractivity (Wildman–Crippen MR) is 77.3 cm³/mol. The molecule has 0 radical (unpaired) electrons. The zero-order chi connectivity index (χ0) is 14.7. The molecule has 0 fully saturated rings. The Morgan fingerprint density at radius 2 is 2.20 bits per heavy atom. The maximum atomic E-state index is 10.9. The van der Waals surface area contributed by atoms with E-state index in [4.69, 9.17) is 16.3 Å². The van der Waals surface area contributed by atoms with Crippen molar-refractivity contribution in [2.24, 2.45) is 0 Å². The Hall–Kier alpha value is -1.73. The van der Waals surface area contributed by atoms with Gasteiger partial charge in [-0.1, -0.05) is 24.6 Å². The summed E-state index contributed by atoms with van der Waals surface area (Å²) < 4.78 is 5.78. The van der Waals surface area contributed by atoms with Crippen LogP contribution in [0.25, 0.3) is 0 Å². The molecule has 0 saturated carbocycles. The van der Waals surface area contributed by atoms with Crippen LogP contribution in [-0.4, -0.2) is 14.9 Å². The van der Waals surface area contributed by atoms with Gasteiger partial charge in [0.15, 0.2) is 5.75 Å². The second-order valence-electron chi connectivity index (χ2n) is 3.75. The van der Waals surface area contributed by atoms with Crippen LogP contribution < -0.4 is 4.74 Å². The number of halogens is 2. The fraction of sp³-hybridized carbons (Fsp3) is 0.167. The van der Waals surface area contributed by atoms with Gasteiger partial charge in [-0.25, -0.2) is 4.98 Å². The summed E-state index contributed by atoms with van der Waals surface area (Å²) in [6.45, 7) is 1.89. The molecule has 20 heavy (non-hydrogen) atoms. The van der Waals surface area contributed by atoms with Crippen molar-refractivity contribution in [3.8, 4) is 11.6 Å².